The van der Waals surface area contributed by atoms with Crippen LogP contribution in [0.5, 0.6) is 0 Å². The maximum atomic E-state index is 11.8. The van der Waals surface area contributed by atoms with Crippen molar-refractivity contribution >= 4 is 12.9 Å². The third kappa shape index (κ3) is 3.54. The molecule has 62 valence electrons. The highest BCUT2D eigenvalue weighted by Crippen LogP contribution is 2.23. The first-order chi connectivity index (χ1) is 5.02. The second kappa shape index (κ2) is 3.90. The van der Waals surface area contributed by atoms with Crippen molar-refractivity contribution in [3.8, 4) is 0 Å². The fraction of sp³-hybridized carbons (Fsp3) is 0.333. The van der Waals surface area contributed by atoms with Gasteiger partial charge < -0.3 is 0 Å². The molecule has 11 heavy (non-hydrogen) atoms. The molecule has 0 fully saturated rings. The van der Waals surface area contributed by atoms with Gasteiger partial charge in [-0.1, -0.05) is 0 Å². The average molecular weight is 164 g/mol. The van der Waals surface area contributed by atoms with Crippen LogP contribution in [0.1, 0.15) is 0 Å². The summed E-state index contributed by atoms with van der Waals surface area (Å²) in [6.45, 7) is 2.91. The van der Waals surface area contributed by atoms with E-state index in [1.807, 2.05) is 0 Å². The monoisotopic (exact) mass is 164 g/mol. The zero-order valence-corrected chi connectivity index (χ0v) is 5.89. The summed E-state index contributed by atoms with van der Waals surface area (Å²) >= 11 is 0. The highest BCUT2D eigenvalue weighted by atomic mass is 19.4. The van der Waals surface area contributed by atoms with Gasteiger partial charge in [0.05, 0.1) is 5.57 Å². The van der Waals surface area contributed by atoms with E-state index in [1.54, 1.807) is 0 Å². The highest BCUT2D eigenvalue weighted by Gasteiger charge is 2.32. The van der Waals surface area contributed by atoms with Crippen molar-refractivity contribution in [2.75, 3.05) is 7.05 Å². The lowest BCUT2D eigenvalue weighted by molar-refractivity contribution is -0.0857. The number of hydrogen-bond acceptors (Lipinski definition) is 2. The lowest BCUT2D eigenvalue weighted by Gasteiger charge is -2.03. The number of aliphatic imine (C=N–C) groups is 2. The first kappa shape index (κ1) is 9.87. The fourth-order valence-corrected chi connectivity index (χ4v) is 0.417. The van der Waals surface area contributed by atoms with Gasteiger partial charge in [0.25, 0.3) is 0 Å². The van der Waals surface area contributed by atoms with Gasteiger partial charge in [-0.05, 0) is 6.72 Å². The van der Waals surface area contributed by atoms with Crippen molar-refractivity contribution in [1.29, 1.82) is 0 Å². The molecule has 2 nitrogen and oxygen atoms in total. The molecule has 0 aliphatic heterocycles. The summed E-state index contributed by atoms with van der Waals surface area (Å²) in [5.74, 6) is 0. The molecule has 0 saturated heterocycles. The Bertz CT molecular complexity index is 190. The summed E-state index contributed by atoms with van der Waals surface area (Å²) < 4.78 is 35.5. The second-order valence-corrected chi connectivity index (χ2v) is 1.65. The van der Waals surface area contributed by atoms with Crippen molar-refractivity contribution in [2.45, 2.75) is 6.18 Å². The standard InChI is InChI=1S/C6H7F3N2/c1-10-3-5(4-11-2)6(7,8)9/h3-4H,1H2,2H3/b5-3+,11-4-. The molecule has 0 spiro atoms. The number of alkyl halides is 3. The quantitative estimate of drug-likeness (QED) is 0.556. The Morgan fingerprint density at radius 3 is 2.27 bits per heavy atom. The van der Waals surface area contributed by atoms with Crippen molar-refractivity contribution in [3.63, 3.8) is 0 Å². The summed E-state index contributed by atoms with van der Waals surface area (Å²) in [5, 5.41) is 0. The number of rotatable bonds is 2. The molecule has 0 aromatic heterocycles. The third-order valence-corrected chi connectivity index (χ3v) is 0.826. The zero-order chi connectivity index (χ0) is 8.91. The van der Waals surface area contributed by atoms with Gasteiger partial charge in [-0.15, -0.1) is 0 Å². The van der Waals surface area contributed by atoms with Crippen molar-refractivity contribution in [3.05, 3.63) is 11.8 Å². The van der Waals surface area contributed by atoms with Crippen molar-refractivity contribution in [2.24, 2.45) is 9.98 Å². The normalized spacial score (nSPS) is 14.0. The van der Waals surface area contributed by atoms with Crippen LogP contribution in [0.4, 0.5) is 13.2 Å². The van der Waals surface area contributed by atoms with Crippen molar-refractivity contribution in [1.82, 2.24) is 0 Å². The molecule has 0 bridgehead atoms. The maximum Gasteiger partial charge on any atom is 0.419 e. The Morgan fingerprint density at radius 2 is 2.00 bits per heavy atom. The van der Waals surface area contributed by atoms with Crippen LogP contribution in [-0.2, 0) is 0 Å². The van der Waals surface area contributed by atoms with E-state index in [1.165, 1.54) is 7.05 Å². The minimum atomic E-state index is -4.40. The average Bonchev–Trinajstić information content (AvgIpc) is 1.85. The zero-order valence-electron chi connectivity index (χ0n) is 5.89. The van der Waals surface area contributed by atoms with Gasteiger partial charge in [-0.2, -0.15) is 13.2 Å². The van der Waals surface area contributed by atoms with E-state index in [9.17, 15) is 13.2 Å². The number of hydrogen-bond donors (Lipinski definition) is 0. The smallest absolute Gasteiger partial charge is 0.296 e. The van der Waals surface area contributed by atoms with Gasteiger partial charge in [-0.25, -0.2) is 0 Å². The van der Waals surface area contributed by atoms with E-state index in [0.717, 1.165) is 0 Å². The molecule has 0 atom stereocenters. The molecule has 0 radical (unpaired) electrons. The van der Waals surface area contributed by atoms with Gasteiger partial charge in [0.1, 0.15) is 0 Å². The van der Waals surface area contributed by atoms with Crippen LogP contribution in [0.15, 0.2) is 21.8 Å². The minimum Gasteiger partial charge on any atom is -0.296 e. The van der Waals surface area contributed by atoms with Crippen LogP contribution in [0, 0.1) is 0 Å². The molecule has 0 saturated carbocycles. The summed E-state index contributed by atoms with van der Waals surface area (Å²) in [5.41, 5.74) is -0.907. The minimum absolute atomic E-state index is 0.618. The SMILES string of the molecule is C=N/C=C(\C=N/C)C(F)(F)F. The molecule has 5 heteroatoms. The first-order valence-corrected chi connectivity index (χ1v) is 2.67. The molecule has 0 N–H and O–H groups in total. The predicted octanol–water partition coefficient (Wildman–Crippen LogP) is 1.83. The Morgan fingerprint density at radius 1 is 1.45 bits per heavy atom. The third-order valence-electron chi connectivity index (χ3n) is 0.826. The lowest BCUT2D eigenvalue weighted by Crippen LogP contribution is -2.12. The van der Waals surface area contributed by atoms with E-state index >= 15 is 0 Å². The van der Waals surface area contributed by atoms with E-state index in [4.69, 9.17) is 0 Å². The summed E-state index contributed by atoms with van der Waals surface area (Å²) in [4.78, 5) is 6.22. The van der Waals surface area contributed by atoms with Gasteiger partial charge in [-0.3, -0.25) is 9.98 Å². The molecule has 0 heterocycles. The Balaban J connectivity index is 4.61. The topological polar surface area (TPSA) is 24.7 Å². The molecule has 0 rings (SSSR count). The van der Waals surface area contributed by atoms with E-state index < -0.39 is 11.7 Å². The summed E-state index contributed by atoms with van der Waals surface area (Å²) in [7, 11) is 1.25. The first-order valence-electron chi connectivity index (χ1n) is 2.67. The molecule has 0 aliphatic rings. The second-order valence-electron chi connectivity index (χ2n) is 1.65. The summed E-state index contributed by atoms with van der Waals surface area (Å²) in [6, 6.07) is 0. The largest absolute Gasteiger partial charge is 0.419 e. The molecule has 0 aromatic rings. The maximum absolute atomic E-state index is 11.8. The fourth-order valence-electron chi connectivity index (χ4n) is 0.417. The highest BCUT2D eigenvalue weighted by molar-refractivity contribution is 5.80. The molecular formula is C6H7F3N2. The van der Waals surface area contributed by atoms with E-state index in [0.29, 0.717) is 12.4 Å². The van der Waals surface area contributed by atoms with Gasteiger partial charge in [0, 0.05) is 19.5 Å². The van der Waals surface area contributed by atoms with Crippen LogP contribution in [0.2, 0.25) is 0 Å². The van der Waals surface area contributed by atoms with Crippen LogP contribution in [0.3, 0.4) is 0 Å². The lowest BCUT2D eigenvalue weighted by atomic mass is 10.3. The molecule has 0 aliphatic carbocycles. The number of halogens is 3. The van der Waals surface area contributed by atoms with Crippen LogP contribution in [0.25, 0.3) is 0 Å². The summed E-state index contributed by atoms with van der Waals surface area (Å²) in [6.07, 6.45) is -3.09. The van der Waals surface area contributed by atoms with Crippen LogP contribution >= 0.6 is 0 Å². The van der Waals surface area contributed by atoms with E-state index in [-0.39, 0.29) is 0 Å². The number of allylic oxidation sites excluding steroid dienone is 1. The van der Waals surface area contributed by atoms with Crippen molar-refractivity contribution < 1.29 is 13.2 Å². The van der Waals surface area contributed by atoms with E-state index in [2.05, 4.69) is 16.7 Å². The molecule has 0 unspecified atom stereocenters. The van der Waals surface area contributed by atoms with Crippen LogP contribution in [-0.4, -0.2) is 26.2 Å². The van der Waals surface area contributed by atoms with Gasteiger partial charge >= 0.3 is 6.18 Å². The van der Waals surface area contributed by atoms with Crippen LogP contribution < -0.4 is 0 Å². The molecule has 0 aromatic carbocycles. The predicted molar refractivity (Wildman–Crippen MR) is 38.1 cm³/mol. The Kier molecular flexibility index (Phi) is 3.50. The molecular weight excluding hydrogens is 157 g/mol. The Labute approximate surface area is 62.2 Å². The van der Waals surface area contributed by atoms with Gasteiger partial charge in [0.2, 0.25) is 0 Å². The van der Waals surface area contributed by atoms with Gasteiger partial charge in [0.15, 0.2) is 0 Å². The number of nitrogens with zero attached hydrogens (tertiary/aromatic N) is 2. The Hall–Kier alpha value is -1.13. The molecule has 0 amide bonds.